The zero-order chi connectivity index (χ0) is 13.5. The van der Waals surface area contributed by atoms with Gasteiger partial charge >= 0.3 is 5.97 Å². The molecule has 18 heavy (non-hydrogen) atoms. The molecule has 0 atom stereocenters. The lowest BCUT2D eigenvalue weighted by Crippen LogP contribution is -2.36. The van der Waals surface area contributed by atoms with Crippen molar-refractivity contribution in [1.29, 1.82) is 0 Å². The van der Waals surface area contributed by atoms with Gasteiger partial charge in [0.15, 0.2) is 0 Å². The van der Waals surface area contributed by atoms with Crippen LogP contribution in [0.3, 0.4) is 0 Å². The molecular weight excluding hydrogens is 236 g/mol. The van der Waals surface area contributed by atoms with Crippen LogP contribution in [-0.4, -0.2) is 47.1 Å². The molecule has 0 aliphatic rings. The van der Waals surface area contributed by atoms with Gasteiger partial charge < -0.3 is 14.7 Å². The van der Waals surface area contributed by atoms with Crippen molar-refractivity contribution in [2.45, 2.75) is 0 Å². The van der Waals surface area contributed by atoms with E-state index in [1.165, 1.54) is 25.6 Å². The number of aromatic nitrogens is 1. The van der Waals surface area contributed by atoms with Crippen molar-refractivity contribution in [1.82, 2.24) is 9.88 Å². The number of pyridine rings is 1. The molecule has 1 aromatic heterocycles. The van der Waals surface area contributed by atoms with Gasteiger partial charge in [-0.05, 0) is 6.07 Å². The predicted octanol–water partition coefficient (Wildman–Crippen LogP) is 0.250. The Balaban J connectivity index is 3.02. The third kappa shape index (κ3) is 3.22. The number of carbonyl (C=O) groups is 2. The van der Waals surface area contributed by atoms with Crippen molar-refractivity contribution in [2.75, 3.05) is 20.2 Å². The van der Waals surface area contributed by atoms with Crippen LogP contribution >= 0.6 is 0 Å². The van der Waals surface area contributed by atoms with Crippen molar-refractivity contribution in [3.8, 4) is 18.1 Å². The van der Waals surface area contributed by atoms with E-state index < -0.39 is 18.4 Å². The molecule has 1 aromatic rings. The van der Waals surface area contributed by atoms with Gasteiger partial charge in [0.05, 0.1) is 25.4 Å². The molecule has 0 unspecified atom stereocenters. The highest BCUT2D eigenvalue weighted by Crippen LogP contribution is 2.17. The van der Waals surface area contributed by atoms with E-state index in [1.807, 2.05) is 0 Å². The van der Waals surface area contributed by atoms with Crippen LogP contribution in [0.5, 0.6) is 5.75 Å². The zero-order valence-corrected chi connectivity index (χ0v) is 9.79. The summed E-state index contributed by atoms with van der Waals surface area (Å²) >= 11 is 0. The number of hydrogen-bond acceptors (Lipinski definition) is 4. The third-order valence-corrected chi connectivity index (χ3v) is 2.13. The SMILES string of the molecule is C#CCN(CC(=O)O)C(=O)c1ccncc1OC. The maximum absolute atomic E-state index is 12.1. The molecule has 1 N–H and O–H groups in total. The Labute approximate surface area is 104 Å². The van der Waals surface area contributed by atoms with E-state index in [9.17, 15) is 9.59 Å². The van der Waals surface area contributed by atoms with Gasteiger partial charge in [0.2, 0.25) is 0 Å². The quantitative estimate of drug-likeness (QED) is 0.755. The lowest BCUT2D eigenvalue weighted by atomic mass is 10.2. The van der Waals surface area contributed by atoms with Gasteiger partial charge in [-0.1, -0.05) is 5.92 Å². The molecule has 1 amide bonds. The normalized spacial score (nSPS) is 9.33. The van der Waals surface area contributed by atoms with Gasteiger partial charge in [0.1, 0.15) is 12.3 Å². The molecular formula is C12H12N2O4. The van der Waals surface area contributed by atoms with Crippen LogP contribution in [-0.2, 0) is 4.79 Å². The maximum Gasteiger partial charge on any atom is 0.323 e. The Morgan fingerprint density at radius 3 is 2.89 bits per heavy atom. The number of carboxylic acid groups (broad SMARTS) is 1. The Bertz CT molecular complexity index is 493. The minimum absolute atomic E-state index is 0.0867. The van der Waals surface area contributed by atoms with E-state index in [0.717, 1.165) is 4.90 Å². The second-order valence-electron chi connectivity index (χ2n) is 3.34. The molecule has 0 bridgehead atoms. The van der Waals surface area contributed by atoms with Crippen LogP contribution in [0.1, 0.15) is 10.4 Å². The average Bonchev–Trinajstić information content (AvgIpc) is 2.37. The second-order valence-corrected chi connectivity index (χ2v) is 3.34. The van der Waals surface area contributed by atoms with Crippen molar-refractivity contribution in [2.24, 2.45) is 0 Å². The molecule has 0 radical (unpaired) electrons. The molecule has 1 rings (SSSR count). The molecule has 6 heteroatoms. The summed E-state index contributed by atoms with van der Waals surface area (Å²) in [6.07, 6.45) is 7.91. The van der Waals surface area contributed by atoms with E-state index in [4.69, 9.17) is 16.3 Å². The van der Waals surface area contributed by atoms with E-state index in [-0.39, 0.29) is 17.9 Å². The van der Waals surface area contributed by atoms with Crippen LogP contribution in [0.4, 0.5) is 0 Å². The molecule has 0 fully saturated rings. The number of amides is 1. The topological polar surface area (TPSA) is 79.7 Å². The first-order valence-electron chi connectivity index (χ1n) is 5.02. The first-order chi connectivity index (χ1) is 8.60. The number of aliphatic carboxylic acids is 1. The van der Waals surface area contributed by atoms with Crippen molar-refractivity contribution >= 4 is 11.9 Å². The molecule has 0 aliphatic carbocycles. The van der Waals surface area contributed by atoms with Gasteiger partial charge in [-0.2, -0.15) is 0 Å². The average molecular weight is 248 g/mol. The Hall–Kier alpha value is -2.55. The number of methoxy groups -OCH3 is 1. The number of rotatable bonds is 5. The van der Waals surface area contributed by atoms with E-state index >= 15 is 0 Å². The highest BCUT2D eigenvalue weighted by atomic mass is 16.5. The van der Waals surface area contributed by atoms with Gasteiger partial charge in [-0.3, -0.25) is 14.6 Å². The summed E-state index contributed by atoms with van der Waals surface area (Å²) in [4.78, 5) is 27.6. The Morgan fingerprint density at radius 2 is 2.33 bits per heavy atom. The number of nitrogens with zero attached hydrogens (tertiary/aromatic N) is 2. The Morgan fingerprint density at radius 1 is 1.61 bits per heavy atom. The summed E-state index contributed by atoms with van der Waals surface area (Å²) in [5.74, 6) is 0.882. The summed E-state index contributed by atoms with van der Waals surface area (Å²) in [5, 5.41) is 8.73. The highest BCUT2D eigenvalue weighted by molar-refractivity contribution is 5.98. The van der Waals surface area contributed by atoms with Crippen molar-refractivity contribution < 1.29 is 19.4 Å². The minimum Gasteiger partial charge on any atom is -0.494 e. The predicted molar refractivity (Wildman–Crippen MR) is 63.2 cm³/mol. The second kappa shape index (κ2) is 6.25. The highest BCUT2D eigenvalue weighted by Gasteiger charge is 2.20. The molecule has 0 spiro atoms. The largest absolute Gasteiger partial charge is 0.494 e. The molecule has 0 aromatic carbocycles. The molecule has 1 heterocycles. The Kier molecular flexibility index (Phi) is 4.69. The summed E-state index contributed by atoms with van der Waals surface area (Å²) in [6, 6.07) is 1.45. The number of ether oxygens (including phenoxy) is 1. The lowest BCUT2D eigenvalue weighted by Gasteiger charge is -2.18. The summed E-state index contributed by atoms with van der Waals surface area (Å²) in [6.45, 7) is -0.550. The standard InChI is InChI=1S/C12H12N2O4/c1-3-6-14(8-11(15)16)12(17)9-4-5-13-7-10(9)18-2/h1,4-5,7H,6,8H2,2H3,(H,15,16). The summed E-state index contributed by atoms with van der Waals surface area (Å²) in [7, 11) is 1.40. The first kappa shape index (κ1) is 13.5. The van der Waals surface area contributed by atoms with Crippen LogP contribution in [0.15, 0.2) is 18.5 Å². The fraction of sp³-hybridized carbons (Fsp3) is 0.250. The van der Waals surface area contributed by atoms with Crippen LogP contribution in [0.2, 0.25) is 0 Å². The van der Waals surface area contributed by atoms with Gasteiger partial charge in [0.25, 0.3) is 5.91 Å². The van der Waals surface area contributed by atoms with E-state index in [2.05, 4.69) is 10.9 Å². The summed E-state index contributed by atoms with van der Waals surface area (Å²) < 4.78 is 4.99. The zero-order valence-electron chi connectivity index (χ0n) is 9.79. The number of hydrogen-bond donors (Lipinski definition) is 1. The molecule has 94 valence electrons. The van der Waals surface area contributed by atoms with Crippen molar-refractivity contribution in [3.63, 3.8) is 0 Å². The number of carbonyl (C=O) groups excluding carboxylic acids is 1. The van der Waals surface area contributed by atoms with Crippen LogP contribution < -0.4 is 4.74 Å². The minimum atomic E-state index is -1.13. The van der Waals surface area contributed by atoms with Crippen LogP contribution in [0, 0.1) is 12.3 Å². The molecule has 6 nitrogen and oxygen atoms in total. The molecule has 0 saturated carbocycles. The first-order valence-corrected chi connectivity index (χ1v) is 5.02. The van der Waals surface area contributed by atoms with Gasteiger partial charge in [0, 0.05) is 6.20 Å². The fourth-order valence-electron chi connectivity index (χ4n) is 1.36. The van der Waals surface area contributed by atoms with Crippen LogP contribution in [0.25, 0.3) is 0 Å². The fourth-order valence-corrected chi connectivity index (χ4v) is 1.36. The third-order valence-electron chi connectivity index (χ3n) is 2.13. The van der Waals surface area contributed by atoms with E-state index in [1.54, 1.807) is 0 Å². The van der Waals surface area contributed by atoms with Gasteiger partial charge in [-0.25, -0.2) is 0 Å². The lowest BCUT2D eigenvalue weighted by molar-refractivity contribution is -0.137. The smallest absolute Gasteiger partial charge is 0.323 e. The molecule has 0 aliphatic heterocycles. The van der Waals surface area contributed by atoms with E-state index in [0.29, 0.717) is 0 Å². The summed E-state index contributed by atoms with van der Waals surface area (Å²) in [5.41, 5.74) is 0.226. The maximum atomic E-state index is 12.1. The number of carboxylic acids is 1. The van der Waals surface area contributed by atoms with Crippen molar-refractivity contribution in [3.05, 3.63) is 24.0 Å². The van der Waals surface area contributed by atoms with Gasteiger partial charge in [-0.15, -0.1) is 6.42 Å². The number of terminal acetylenes is 1. The molecule has 0 saturated heterocycles. The monoisotopic (exact) mass is 248 g/mol.